The van der Waals surface area contributed by atoms with Crippen LogP contribution in [0.4, 0.5) is 0 Å². The van der Waals surface area contributed by atoms with Gasteiger partial charge in [-0.3, -0.25) is 9.89 Å². The number of nitrogens with zero attached hydrogens (tertiary/aromatic N) is 4. The average Bonchev–Trinajstić information content (AvgIpc) is 3.17. The van der Waals surface area contributed by atoms with Crippen molar-refractivity contribution in [2.75, 3.05) is 46.4 Å². The molecule has 0 amide bonds. The van der Waals surface area contributed by atoms with E-state index in [-0.39, 0.29) is 24.0 Å². The van der Waals surface area contributed by atoms with Crippen molar-refractivity contribution in [3.63, 3.8) is 0 Å². The number of piperazine rings is 1. The van der Waals surface area contributed by atoms with E-state index in [2.05, 4.69) is 44.3 Å². The Kier molecular flexibility index (Phi) is 8.86. The molecule has 2 heterocycles. The molecule has 1 aliphatic rings. The van der Waals surface area contributed by atoms with Gasteiger partial charge in [0, 0.05) is 45.8 Å². The summed E-state index contributed by atoms with van der Waals surface area (Å²) in [5.74, 6) is 1.83. The smallest absolute Gasteiger partial charge is 0.193 e. The van der Waals surface area contributed by atoms with Crippen molar-refractivity contribution < 1.29 is 9.26 Å². The molecular formula is C19H28IN5O2. The van der Waals surface area contributed by atoms with Crippen LogP contribution in [-0.2, 0) is 6.54 Å². The molecule has 8 heteroatoms. The minimum atomic E-state index is 0. The van der Waals surface area contributed by atoms with E-state index in [9.17, 15) is 0 Å². The molecule has 0 bridgehead atoms. The topological polar surface area (TPSA) is 66.1 Å². The Hall–Kier alpha value is -1.81. The number of guanidine groups is 1. The lowest BCUT2D eigenvalue weighted by atomic mass is 10.2. The second-order valence-corrected chi connectivity index (χ2v) is 6.39. The van der Waals surface area contributed by atoms with Gasteiger partial charge < -0.3 is 19.5 Å². The molecule has 1 saturated heterocycles. The molecule has 0 radical (unpaired) electrons. The summed E-state index contributed by atoms with van der Waals surface area (Å²) in [4.78, 5) is 9.06. The van der Waals surface area contributed by atoms with Crippen LogP contribution in [0.15, 0.2) is 46.1 Å². The third-order valence-electron chi connectivity index (χ3n) is 4.44. The highest BCUT2D eigenvalue weighted by molar-refractivity contribution is 14.0. The molecule has 0 aliphatic carbocycles. The highest BCUT2D eigenvalue weighted by Gasteiger charge is 2.20. The van der Waals surface area contributed by atoms with Gasteiger partial charge in [-0.1, -0.05) is 22.9 Å². The molecule has 1 aromatic heterocycles. The molecule has 27 heavy (non-hydrogen) atoms. The molecule has 7 nitrogen and oxygen atoms in total. The van der Waals surface area contributed by atoms with Crippen LogP contribution in [0.25, 0.3) is 0 Å². The van der Waals surface area contributed by atoms with Gasteiger partial charge in [-0.2, -0.15) is 0 Å². The van der Waals surface area contributed by atoms with E-state index in [0.29, 0.717) is 6.61 Å². The number of aryl methyl sites for hydroxylation is 1. The minimum Gasteiger partial charge on any atom is -0.492 e. The number of halogens is 1. The number of hydrogen-bond acceptors (Lipinski definition) is 5. The second kappa shape index (κ2) is 11.1. The first-order chi connectivity index (χ1) is 12.7. The molecule has 1 aromatic carbocycles. The summed E-state index contributed by atoms with van der Waals surface area (Å²) in [5.41, 5.74) is 2.22. The third kappa shape index (κ3) is 6.69. The van der Waals surface area contributed by atoms with E-state index in [1.54, 1.807) is 6.26 Å². The Balaban J connectivity index is 0.00000261. The van der Waals surface area contributed by atoms with Crippen LogP contribution >= 0.6 is 24.0 Å². The van der Waals surface area contributed by atoms with Crippen molar-refractivity contribution in [2.45, 2.75) is 13.5 Å². The zero-order valence-electron chi connectivity index (χ0n) is 15.9. The molecule has 1 aliphatic heterocycles. The normalized spacial score (nSPS) is 15.3. The molecule has 0 spiro atoms. The molecule has 1 fully saturated rings. The largest absolute Gasteiger partial charge is 0.492 e. The zero-order valence-corrected chi connectivity index (χ0v) is 18.3. The van der Waals surface area contributed by atoms with Crippen molar-refractivity contribution >= 4 is 29.9 Å². The Bertz CT molecular complexity index is 683. The van der Waals surface area contributed by atoms with E-state index >= 15 is 0 Å². The summed E-state index contributed by atoms with van der Waals surface area (Å²) in [6, 6.07) is 10.0. The van der Waals surface area contributed by atoms with Crippen LogP contribution in [0, 0.1) is 6.92 Å². The van der Waals surface area contributed by atoms with Crippen molar-refractivity contribution in [1.82, 2.24) is 20.3 Å². The number of aliphatic imine (C=N–C) groups is 1. The molecule has 2 aromatic rings. The minimum absolute atomic E-state index is 0. The Labute approximate surface area is 177 Å². The van der Waals surface area contributed by atoms with E-state index in [1.807, 2.05) is 25.2 Å². The first-order valence-corrected chi connectivity index (χ1v) is 9.01. The van der Waals surface area contributed by atoms with Gasteiger partial charge >= 0.3 is 0 Å². The first kappa shape index (κ1) is 21.5. The summed E-state index contributed by atoms with van der Waals surface area (Å²) >= 11 is 0. The van der Waals surface area contributed by atoms with Gasteiger partial charge in [0.25, 0.3) is 0 Å². The molecule has 1 N–H and O–H groups in total. The summed E-state index contributed by atoms with van der Waals surface area (Å²) < 4.78 is 10.7. The third-order valence-corrected chi connectivity index (χ3v) is 4.44. The van der Waals surface area contributed by atoms with Gasteiger partial charge in [0.15, 0.2) is 5.96 Å². The van der Waals surface area contributed by atoms with Gasteiger partial charge in [0.1, 0.15) is 18.6 Å². The van der Waals surface area contributed by atoms with Crippen LogP contribution in [-0.4, -0.2) is 67.3 Å². The molecule has 0 saturated carbocycles. The predicted molar refractivity (Wildman–Crippen MR) is 117 cm³/mol. The standard InChI is InChI=1S/C19H27N5O2.HI/c1-16-3-5-18(6-4-16)25-14-8-21-19(20-2)24-11-9-23(10-12-24)15-17-7-13-26-22-17;/h3-7,13H,8-12,14-15H2,1-2H3,(H,20,21);1H. The summed E-state index contributed by atoms with van der Waals surface area (Å²) in [7, 11) is 1.82. The fourth-order valence-corrected chi connectivity index (χ4v) is 2.96. The van der Waals surface area contributed by atoms with Crippen molar-refractivity contribution in [2.24, 2.45) is 4.99 Å². The maximum absolute atomic E-state index is 5.76. The van der Waals surface area contributed by atoms with Crippen LogP contribution in [0.5, 0.6) is 5.75 Å². The number of hydrogen-bond donors (Lipinski definition) is 1. The highest BCUT2D eigenvalue weighted by Crippen LogP contribution is 2.11. The van der Waals surface area contributed by atoms with Crippen LogP contribution < -0.4 is 10.1 Å². The lowest BCUT2D eigenvalue weighted by molar-refractivity contribution is 0.168. The lowest BCUT2D eigenvalue weighted by Gasteiger charge is -2.36. The predicted octanol–water partition coefficient (Wildman–Crippen LogP) is 2.37. The molecule has 148 valence electrons. The fraction of sp³-hybridized carbons (Fsp3) is 0.474. The molecule has 0 atom stereocenters. The van der Waals surface area contributed by atoms with E-state index < -0.39 is 0 Å². The van der Waals surface area contributed by atoms with Crippen LogP contribution in [0.1, 0.15) is 11.3 Å². The van der Waals surface area contributed by atoms with Gasteiger partial charge in [-0.05, 0) is 19.1 Å². The Morgan fingerprint density at radius 2 is 1.93 bits per heavy atom. The first-order valence-electron chi connectivity index (χ1n) is 9.01. The van der Waals surface area contributed by atoms with Crippen molar-refractivity contribution in [1.29, 1.82) is 0 Å². The lowest BCUT2D eigenvalue weighted by Crippen LogP contribution is -2.52. The van der Waals surface area contributed by atoms with Crippen LogP contribution in [0.2, 0.25) is 0 Å². The zero-order chi connectivity index (χ0) is 18.2. The van der Waals surface area contributed by atoms with Crippen molar-refractivity contribution in [3.8, 4) is 5.75 Å². The SMILES string of the molecule is CN=C(NCCOc1ccc(C)cc1)N1CCN(Cc2ccon2)CC1.I. The highest BCUT2D eigenvalue weighted by atomic mass is 127. The van der Waals surface area contributed by atoms with E-state index in [0.717, 1.165) is 56.7 Å². The summed E-state index contributed by atoms with van der Waals surface area (Å²) in [6.45, 7) is 8.07. The maximum atomic E-state index is 5.76. The van der Waals surface area contributed by atoms with Gasteiger partial charge in [0.2, 0.25) is 0 Å². The number of ether oxygens (including phenoxy) is 1. The average molecular weight is 485 g/mol. The van der Waals surface area contributed by atoms with Crippen molar-refractivity contribution in [3.05, 3.63) is 47.9 Å². The molecular weight excluding hydrogens is 457 g/mol. The fourth-order valence-electron chi connectivity index (χ4n) is 2.96. The number of nitrogens with one attached hydrogen (secondary N) is 1. The number of benzene rings is 1. The Morgan fingerprint density at radius 3 is 2.56 bits per heavy atom. The summed E-state index contributed by atoms with van der Waals surface area (Å²) in [5, 5.41) is 7.37. The molecule has 3 rings (SSSR count). The van der Waals surface area contributed by atoms with Crippen LogP contribution in [0.3, 0.4) is 0 Å². The van der Waals surface area contributed by atoms with E-state index in [1.165, 1.54) is 5.56 Å². The monoisotopic (exact) mass is 485 g/mol. The molecule has 0 unspecified atom stereocenters. The van der Waals surface area contributed by atoms with Gasteiger partial charge in [0.05, 0.1) is 12.2 Å². The summed E-state index contributed by atoms with van der Waals surface area (Å²) in [6.07, 6.45) is 1.62. The number of rotatable bonds is 6. The quantitative estimate of drug-likeness (QED) is 0.294. The number of aromatic nitrogens is 1. The maximum Gasteiger partial charge on any atom is 0.193 e. The van der Waals surface area contributed by atoms with E-state index in [4.69, 9.17) is 9.26 Å². The van der Waals surface area contributed by atoms with Gasteiger partial charge in [-0.15, -0.1) is 24.0 Å². The Morgan fingerprint density at radius 1 is 1.19 bits per heavy atom. The van der Waals surface area contributed by atoms with Gasteiger partial charge in [-0.25, -0.2) is 0 Å². The second-order valence-electron chi connectivity index (χ2n) is 6.39.